The van der Waals surface area contributed by atoms with Gasteiger partial charge in [-0.1, -0.05) is 0 Å². The minimum absolute atomic E-state index is 0.247. The Bertz CT molecular complexity index is 245. The van der Waals surface area contributed by atoms with Gasteiger partial charge in [0.1, 0.15) is 0 Å². The van der Waals surface area contributed by atoms with Gasteiger partial charge >= 0.3 is 0 Å². The number of nitrogens with one attached hydrogen (secondary N) is 2. The molecule has 5 nitrogen and oxygen atoms in total. The van der Waals surface area contributed by atoms with Crippen molar-refractivity contribution < 1.29 is 4.79 Å². The first-order chi connectivity index (χ1) is 6.29. The first-order valence-electron chi connectivity index (χ1n) is 4.26. The molecular formula is C8H14N4O. The van der Waals surface area contributed by atoms with Crippen molar-refractivity contribution in [1.29, 1.82) is 0 Å². The van der Waals surface area contributed by atoms with E-state index in [0.29, 0.717) is 6.42 Å². The van der Waals surface area contributed by atoms with Crippen LogP contribution >= 0.6 is 0 Å². The van der Waals surface area contributed by atoms with Gasteiger partial charge in [-0.05, 0) is 19.0 Å². The summed E-state index contributed by atoms with van der Waals surface area (Å²) in [6.07, 6.45) is 2.93. The molecule has 0 saturated carbocycles. The van der Waals surface area contributed by atoms with Crippen LogP contribution in [0, 0.1) is 0 Å². The van der Waals surface area contributed by atoms with Crippen molar-refractivity contribution in [2.75, 3.05) is 6.54 Å². The summed E-state index contributed by atoms with van der Waals surface area (Å²) in [6.45, 7) is 1.54. The van der Waals surface area contributed by atoms with Crippen molar-refractivity contribution in [3.63, 3.8) is 0 Å². The van der Waals surface area contributed by atoms with E-state index in [9.17, 15) is 4.79 Å². The number of amides is 1. The fraction of sp³-hybridized carbons (Fsp3) is 0.500. The number of nitrogens with two attached hydrogens (primary N) is 1. The van der Waals surface area contributed by atoms with Gasteiger partial charge in [0, 0.05) is 24.9 Å². The second-order valence-corrected chi connectivity index (χ2v) is 2.83. The van der Waals surface area contributed by atoms with E-state index in [1.165, 1.54) is 0 Å². The lowest BCUT2D eigenvalue weighted by molar-refractivity contribution is -0.118. The van der Waals surface area contributed by atoms with Crippen LogP contribution in [-0.2, 0) is 11.3 Å². The molecule has 1 amide bonds. The van der Waals surface area contributed by atoms with E-state index in [1.807, 2.05) is 6.07 Å². The minimum atomic E-state index is -0.247. The topological polar surface area (TPSA) is 83.8 Å². The van der Waals surface area contributed by atoms with Crippen molar-refractivity contribution in [1.82, 2.24) is 15.5 Å². The minimum Gasteiger partial charge on any atom is -0.370 e. The zero-order valence-electron chi connectivity index (χ0n) is 7.42. The smallest absolute Gasteiger partial charge is 0.217 e. The standard InChI is InChI=1S/C8H14N4O/c9-8(13)2-1-4-10-6-7-3-5-11-12-7/h3,5,10H,1-2,4,6H2,(H2,9,13)(H,11,12). The molecule has 13 heavy (non-hydrogen) atoms. The number of aromatic amines is 1. The predicted molar refractivity (Wildman–Crippen MR) is 48.7 cm³/mol. The summed E-state index contributed by atoms with van der Waals surface area (Å²) in [5, 5.41) is 9.81. The normalized spacial score (nSPS) is 10.2. The van der Waals surface area contributed by atoms with Crippen LogP contribution in [-0.4, -0.2) is 22.6 Å². The Hall–Kier alpha value is -1.36. The molecule has 5 heteroatoms. The predicted octanol–water partition coefficient (Wildman–Crippen LogP) is -0.235. The lowest BCUT2D eigenvalue weighted by atomic mass is 10.3. The molecule has 0 radical (unpaired) electrons. The SMILES string of the molecule is NC(=O)CCCNCc1ccn[nH]1. The number of hydrogen-bond donors (Lipinski definition) is 3. The number of carbonyl (C=O) groups excluding carboxylic acids is 1. The molecule has 0 aliphatic rings. The van der Waals surface area contributed by atoms with Crippen LogP contribution in [0.2, 0.25) is 0 Å². The second kappa shape index (κ2) is 5.31. The highest BCUT2D eigenvalue weighted by molar-refractivity contribution is 5.73. The first-order valence-corrected chi connectivity index (χ1v) is 4.26. The fourth-order valence-electron chi connectivity index (χ4n) is 0.994. The summed E-state index contributed by atoms with van der Waals surface area (Å²) in [7, 11) is 0. The average molecular weight is 182 g/mol. The Morgan fingerprint density at radius 3 is 3.15 bits per heavy atom. The maximum absolute atomic E-state index is 10.4. The van der Waals surface area contributed by atoms with Crippen LogP contribution < -0.4 is 11.1 Å². The largest absolute Gasteiger partial charge is 0.370 e. The van der Waals surface area contributed by atoms with Gasteiger partial charge in [0.05, 0.1) is 0 Å². The lowest BCUT2D eigenvalue weighted by Crippen LogP contribution is -2.18. The Morgan fingerprint density at radius 1 is 1.69 bits per heavy atom. The number of nitrogens with zero attached hydrogens (tertiary/aromatic N) is 1. The fourth-order valence-corrected chi connectivity index (χ4v) is 0.994. The van der Waals surface area contributed by atoms with Gasteiger partial charge in [0.15, 0.2) is 0 Å². The molecule has 0 fully saturated rings. The van der Waals surface area contributed by atoms with Crippen LogP contribution in [0.25, 0.3) is 0 Å². The van der Waals surface area contributed by atoms with Crippen LogP contribution in [0.1, 0.15) is 18.5 Å². The van der Waals surface area contributed by atoms with Gasteiger partial charge < -0.3 is 11.1 Å². The highest BCUT2D eigenvalue weighted by atomic mass is 16.1. The third-order valence-electron chi connectivity index (χ3n) is 1.65. The Balaban J connectivity index is 1.99. The molecule has 0 unspecified atom stereocenters. The van der Waals surface area contributed by atoms with E-state index < -0.39 is 0 Å². The highest BCUT2D eigenvalue weighted by Crippen LogP contribution is 1.90. The summed E-state index contributed by atoms with van der Waals surface area (Å²) in [6, 6.07) is 1.90. The van der Waals surface area contributed by atoms with E-state index in [0.717, 1.165) is 25.2 Å². The molecule has 0 bridgehead atoms. The summed E-state index contributed by atoms with van der Waals surface area (Å²) in [5.74, 6) is -0.247. The number of rotatable bonds is 6. The molecule has 1 aromatic rings. The number of primary amides is 1. The maximum Gasteiger partial charge on any atom is 0.217 e. The van der Waals surface area contributed by atoms with Gasteiger partial charge in [-0.2, -0.15) is 5.10 Å². The Labute approximate surface area is 76.7 Å². The van der Waals surface area contributed by atoms with E-state index in [2.05, 4.69) is 15.5 Å². The van der Waals surface area contributed by atoms with Gasteiger partial charge in [-0.3, -0.25) is 9.89 Å². The molecule has 1 heterocycles. The molecule has 0 aliphatic heterocycles. The zero-order chi connectivity index (χ0) is 9.52. The molecule has 0 aliphatic carbocycles. The van der Waals surface area contributed by atoms with Gasteiger partial charge in [-0.15, -0.1) is 0 Å². The molecule has 1 rings (SSSR count). The number of hydrogen-bond acceptors (Lipinski definition) is 3. The first kappa shape index (κ1) is 9.73. The molecule has 1 aromatic heterocycles. The maximum atomic E-state index is 10.4. The molecule has 0 spiro atoms. The van der Waals surface area contributed by atoms with E-state index in [4.69, 9.17) is 5.73 Å². The highest BCUT2D eigenvalue weighted by Gasteiger charge is 1.95. The van der Waals surface area contributed by atoms with Crippen molar-refractivity contribution in [2.45, 2.75) is 19.4 Å². The zero-order valence-corrected chi connectivity index (χ0v) is 7.42. The molecule has 72 valence electrons. The monoisotopic (exact) mass is 182 g/mol. The lowest BCUT2D eigenvalue weighted by Gasteiger charge is -2.00. The van der Waals surface area contributed by atoms with Gasteiger partial charge in [0.2, 0.25) is 5.91 Å². The summed E-state index contributed by atoms with van der Waals surface area (Å²) in [4.78, 5) is 10.4. The third-order valence-corrected chi connectivity index (χ3v) is 1.65. The van der Waals surface area contributed by atoms with Crippen LogP contribution in [0.5, 0.6) is 0 Å². The van der Waals surface area contributed by atoms with Crippen molar-refractivity contribution in [2.24, 2.45) is 5.73 Å². The van der Waals surface area contributed by atoms with Crippen molar-refractivity contribution in [3.05, 3.63) is 18.0 Å². The Kier molecular flexibility index (Phi) is 3.98. The number of carbonyl (C=O) groups is 1. The Morgan fingerprint density at radius 2 is 2.54 bits per heavy atom. The van der Waals surface area contributed by atoms with E-state index in [1.54, 1.807) is 6.20 Å². The summed E-state index contributed by atoms with van der Waals surface area (Å²) in [5.41, 5.74) is 6.03. The second-order valence-electron chi connectivity index (χ2n) is 2.83. The van der Waals surface area contributed by atoms with Crippen LogP contribution in [0.15, 0.2) is 12.3 Å². The molecule has 0 atom stereocenters. The van der Waals surface area contributed by atoms with Crippen LogP contribution in [0.4, 0.5) is 0 Å². The summed E-state index contributed by atoms with van der Waals surface area (Å²) >= 11 is 0. The average Bonchev–Trinajstić information content (AvgIpc) is 2.55. The molecule has 0 saturated heterocycles. The molecule has 4 N–H and O–H groups in total. The number of H-pyrrole nitrogens is 1. The van der Waals surface area contributed by atoms with Gasteiger partial charge in [-0.25, -0.2) is 0 Å². The number of aromatic nitrogens is 2. The van der Waals surface area contributed by atoms with E-state index in [-0.39, 0.29) is 5.91 Å². The molecular weight excluding hydrogens is 168 g/mol. The van der Waals surface area contributed by atoms with Gasteiger partial charge in [0.25, 0.3) is 0 Å². The van der Waals surface area contributed by atoms with Crippen molar-refractivity contribution >= 4 is 5.91 Å². The van der Waals surface area contributed by atoms with Crippen molar-refractivity contribution in [3.8, 4) is 0 Å². The third kappa shape index (κ3) is 4.27. The summed E-state index contributed by atoms with van der Waals surface area (Å²) < 4.78 is 0. The molecule has 0 aromatic carbocycles. The quantitative estimate of drug-likeness (QED) is 0.531. The van der Waals surface area contributed by atoms with Crippen LogP contribution in [0.3, 0.4) is 0 Å². The van der Waals surface area contributed by atoms with E-state index >= 15 is 0 Å².